The van der Waals surface area contributed by atoms with Gasteiger partial charge in [-0.3, -0.25) is 14.7 Å². The van der Waals surface area contributed by atoms with Crippen molar-refractivity contribution in [3.63, 3.8) is 0 Å². The van der Waals surface area contributed by atoms with Crippen molar-refractivity contribution in [2.75, 3.05) is 17.6 Å². The van der Waals surface area contributed by atoms with Crippen molar-refractivity contribution in [1.82, 2.24) is 20.5 Å². The lowest BCUT2D eigenvalue weighted by Gasteiger charge is -2.11. The number of nitrogens with one attached hydrogen (secondary N) is 3. The van der Waals surface area contributed by atoms with Gasteiger partial charge in [0, 0.05) is 11.3 Å². The van der Waals surface area contributed by atoms with Gasteiger partial charge in [-0.2, -0.15) is 0 Å². The zero-order chi connectivity index (χ0) is 21.5. The van der Waals surface area contributed by atoms with E-state index in [1.807, 2.05) is 44.2 Å². The van der Waals surface area contributed by atoms with Gasteiger partial charge in [-0.25, -0.2) is 4.98 Å². The van der Waals surface area contributed by atoms with Gasteiger partial charge >= 0.3 is 0 Å². The highest BCUT2D eigenvalue weighted by Crippen LogP contribution is 2.20. The van der Waals surface area contributed by atoms with E-state index >= 15 is 0 Å². The number of carbonyl (C=O) groups is 2. The van der Waals surface area contributed by atoms with E-state index in [1.165, 1.54) is 17.3 Å². The number of hydrogen-bond acceptors (Lipinski definition) is 5. The van der Waals surface area contributed by atoms with Crippen LogP contribution in [0.15, 0.2) is 47.6 Å². The Morgan fingerprint density at radius 3 is 2.40 bits per heavy atom. The summed E-state index contributed by atoms with van der Waals surface area (Å²) in [7, 11) is 0. The molecule has 0 atom stereocenters. The fourth-order valence-electron chi connectivity index (χ4n) is 2.89. The van der Waals surface area contributed by atoms with E-state index < -0.39 is 0 Å². The Morgan fingerprint density at radius 1 is 1.03 bits per heavy atom. The van der Waals surface area contributed by atoms with Gasteiger partial charge in [0.2, 0.25) is 17.0 Å². The number of aryl methyl sites for hydroxylation is 3. The monoisotopic (exact) mass is 423 g/mol. The molecule has 0 aliphatic heterocycles. The lowest BCUT2D eigenvalue weighted by Crippen LogP contribution is -2.34. The van der Waals surface area contributed by atoms with Crippen molar-refractivity contribution in [2.45, 2.75) is 32.3 Å². The summed E-state index contributed by atoms with van der Waals surface area (Å²) in [6, 6.07) is 13.9. The Morgan fingerprint density at radius 2 is 1.73 bits per heavy atom. The second-order valence-electron chi connectivity index (χ2n) is 6.90. The zero-order valence-electron chi connectivity index (χ0n) is 17.3. The van der Waals surface area contributed by atoms with Crippen LogP contribution in [0.4, 0.5) is 5.69 Å². The molecular formula is C22H25N5O2S. The number of aromatic amines is 1. The lowest BCUT2D eigenvalue weighted by molar-refractivity contribution is -0.122. The summed E-state index contributed by atoms with van der Waals surface area (Å²) < 4.78 is 0. The third-order valence-corrected chi connectivity index (χ3v) is 5.47. The van der Waals surface area contributed by atoms with Gasteiger partial charge in [0.25, 0.3) is 0 Å². The van der Waals surface area contributed by atoms with Gasteiger partial charge < -0.3 is 10.6 Å². The van der Waals surface area contributed by atoms with Crippen LogP contribution < -0.4 is 10.6 Å². The quantitative estimate of drug-likeness (QED) is 0.482. The third-order valence-electron chi connectivity index (χ3n) is 4.62. The third kappa shape index (κ3) is 5.70. The Bertz CT molecular complexity index is 1010. The van der Waals surface area contributed by atoms with Crippen LogP contribution in [0.25, 0.3) is 11.4 Å². The molecule has 0 radical (unpaired) electrons. The molecule has 1 aromatic heterocycles. The molecule has 3 N–H and O–H groups in total. The predicted molar refractivity (Wildman–Crippen MR) is 119 cm³/mol. The molecule has 0 saturated heterocycles. The molecule has 0 spiro atoms. The summed E-state index contributed by atoms with van der Waals surface area (Å²) in [5.41, 5.74) is 4.95. The number of para-hydroxylation sites is 1. The van der Waals surface area contributed by atoms with Gasteiger partial charge in [-0.1, -0.05) is 61.2 Å². The fourth-order valence-corrected chi connectivity index (χ4v) is 3.52. The number of hydrogen-bond donors (Lipinski definition) is 3. The first-order valence-electron chi connectivity index (χ1n) is 9.73. The molecule has 30 heavy (non-hydrogen) atoms. The molecule has 0 aliphatic carbocycles. The summed E-state index contributed by atoms with van der Waals surface area (Å²) in [5.74, 6) is 0.272. The minimum Gasteiger partial charge on any atom is -0.346 e. The van der Waals surface area contributed by atoms with Gasteiger partial charge in [-0.05, 0) is 37.0 Å². The first kappa shape index (κ1) is 21.6. The Hall–Kier alpha value is -3.13. The van der Waals surface area contributed by atoms with Crippen molar-refractivity contribution in [3.8, 4) is 11.4 Å². The Labute approximate surface area is 180 Å². The van der Waals surface area contributed by atoms with Crippen LogP contribution in [0.1, 0.15) is 23.6 Å². The average Bonchev–Trinajstić information content (AvgIpc) is 3.22. The van der Waals surface area contributed by atoms with Crippen LogP contribution in [0.3, 0.4) is 0 Å². The van der Waals surface area contributed by atoms with Crippen molar-refractivity contribution in [3.05, 3.63) is 59.2 Å². The number of thioether (sulfide) groups is 1. The maximum atomic E-state index is 12.1. The predicted octanol–water partition coefficient (Wildman–Crippen LogP) is 3.50. The maximum Gasteiger partial charge on any atom is 0.243 e. The van der Waals surface area contributed by atoms with Crippen LogP contribution in [-0.2, 0) is 16.0 Å². The molecule has 0 fully saturated rings. The smallest absolute Gasteiger partial charge is 0.243 e. The molecule has 1 heterocycles. The SMILES string of the molecule is CCc1ccc(-c2nc(SCC(=O)NCC(=O)Nc3c(C)cccc3C)n[nH]2)cc1. The van der Waals surface area contributed by atoms with E-state index in [-0.39, 0.29) is 24.1 Å². The number of amides is 2. The minimum absolute atomic E-state index is 0.0871. The van der Waals surface area contributed by atoms with E-state index in [0.717, 1.165) is 28.8 Å². The van der Waals surface area contributed by atoms with Crippen LogP contribution >= 0.6 is 11.8 Å². The Kier molecular flexibility index (Phi) is 7.24. The molecule has 8 heteroatoms. The number of H-pyrrole nitrogens is 1. The molecular weight excluding hydrogens is 398 g/mol. The van der Waals surface area contributed by atoms with Crippen LogP contribution in [-0.4, -0.2) is 39.3 Å². The molecule has 0 aliphatic rings. The fraction of sp³-hybridized carbons (Fsp3) is 0.273. The van der Waals surface area contributed by atoms with Gasteiger partial charge in [0.1, 0.15) is 0 Å². The van der Waals surface area contributed by atoms with Crippen LogP contribution in [0.2, 0.25) is 0 Å². The molecule has 156 valence electrons. The second kappa shape index (κ2) is 10.1. The minimum atomic E-state index is -0.263. The molecule has 0 saturated carbocycles. The maximum absolute atomic E-state index is 12.1. The highest BCUT2D eigenvalue weighted by Gasteiger charge is 2.11. The number of rotatable bonds is 8. The van der Waals surface area contributed by atoms with Gasteiger partial charge in [0.05, 0.1) is 12.3 Å². The molecule has 2 aromatic carbocycles. The summed E-state index contributed by atoms with van der Waals surface area (Å²) in [6.45, 7) is 5.88. The average molecular weight is 424 g/mol. The second-order valence-corrected chi connectivity index (χ2v) is 7.84. The highest BCUT2D eigenvalue weighted by atomic mass is 32.2. The van der Waals surface area contributed by atoms with Gasteiger partial charge in [-0.15, -0.1) is 5.10 Å². The first-order chi connectivity index (χ1) is 14.5. The summed E-state index contributed by atoms with van der Waals surface area (Å²) in [4.78, 5) is 28.6. The van der Waals surface area contributed by atoms with Crippen molar-refractivity contribution in [2.24, 2.45) is 0 Å². The lowest BCUT2D eigenvalue weighted by atomic mass is 10.1. The number of anilines is 1. The first-order valence-corrected chi connectivity index (χ1v) is 10.7. The summed E-state index contributed by atoms with van der Waals surface area (Å²) in [6.07, 6.45) is 0.982. The van der Waals surface area contributed by atoms with Crippen LogP contribution in [0, 0.1) is 13.8 Å². The van der Waals surface area contributed by atoms with E-state index in [4.69, 9.17) is 0 Å². The number of aromatic nitrogens is 3. The largest absolute Gasteiger partial charge is 0.346 e. The van der Waals surface area contributed by atoms with E-state index in [2.05, 4.69) is 44.9 Å². The number of nitrogens with zero attached hydrogens (tertiary/aromatic N) is 2. The molecule has 3 rings (SSSR count). The molecule has 0 bridgehead atoms. The highest BCUT2D eigenvalue weighted by molar-refractivity contribution is 7.99. The molecule has 0 unspecified atom stereocenters. The summed E-state index contributed by atoms with van der Waals surface area (Å²) >= 11 is 1.22. The van der Waals surface area contributed by atoms with Crippen LogP contribution in [0.5, 0.6) is 0 Å². The van der Waals surface area contributed by atoms with Crippen molar-refractivity contribution < 1.29 is 9.59 Å². The number of benzene rings is 2. The molecule has 3 aromatic rings. The van der Waals surface area contributed by atoms with E-state index in [9.17, 15) is 9.59 Å². The van der Waals surface area contributed by atoms with E-state index in [0.29, 0.717) is 11.0 Å². The topological polar surface area (TPSA) is 99.8 Å². The van der Waals surface area contributed by atoms with Crippen molar-refractivity contribution >= 4 is 29.3 Å². The zero-order valence-corrected chi connectivity index (χ0v) is 18.1. The van der Waals surface area contributed by atoms with Crippen molar-refractivity contribution in [1.29, 1.82) is 0 Å². The van der Waals surface area contributed by atoms with E-state index in [1.54, 1.807) is 0 Å². The standard InChI is InChI=1S/C22H25N5O2S/c1-4-16-8-10-17(11-9-16)21-25-22(27-26-21)30-13-19(29)23-12-18(28)24-20-14(2)6-5-7-15(20)3/h5-11H,4,12-13H2,1-3H3,(H,23,29)(H,24,28)(H,25,26,27). The molecule has 7 nitrogen and oxygen atoms in total. The summed E-state index contributed by atoms with van der Waals surface area (Å²) in [5, 5.41) is 13.0. The normalized spacial score (nSPS) is 10.6. The van der Waals surface area contributed by atoms with Gasteiger partial charge in [0.15, 0.2) is 5.82 Å². The Balaban J connectivity index is 1.45. The number of carbonyl (C=O) groups excluding carboxylic acids is 2. The molecule has 2 amide bonds.